The number of hydrogen-bond donors (Lipinski definition) is 2. The number of rotatable bonds is 5. The predicted octanol–water partition coefficient (Wildman–Crippen LogP) is 0.162. The van der Waals surface area contributed by atoms with Gasteiger partial charge in [-0.1, -0.05) is 0 Å². The van der Waals surface area contributed by atoms with Crippen molar-refractivity contribution in [2.45, 2.75) is 11.4 Å². The van der Waals surface area contributed by atoms with Gasteiger partial charge in [-0.3, -0.25) is 0 Å². The Kier molecular flexibility index (Phi) is 5.42. The monoisotopic (exact) mass is 210 g/mol. The maximum atomic E-state index is 8.94. The van der Waals surface area contributed by atoms with Crippen molar-refractivity contribution in [3.63, 3.8) is 0 Å². The highest BCUT2D eigenvalue weighted by molar-refractivity contribution is 8.19. The molecule has 1 rings (SSSR count). The molecule has 0 saturated carbocycles. The molecule has 0 aromatic heterocycles. The van der Waals surface area contributed by atoms with Gasteiger partial charge in [-0.05, 0) is 0 Å². The van der Waals surface area contributed by atoms with Gasteiger partial charge in [-0.15, -0.1) is 23.5 Å². The Bertz CT molecular complexity index is 117. The van der Waals surface area contributed by atoms with E-state index in [1.54, 1.807) is 0 Å². The molecule has 0 spiro atoms. The van der Waals surface area contributed by atoms with Gasteiger partial charge in [0, 0.05) is 16.1 Å². The minimum absolute atomic E-state index is 0.216. The molecule has 1 heterocycles. The molecule has 2 atom stereocenters. The second kappa shape index (κ2) is 6.10. The van der Waals surface area contributed by atoms with Crippen LogP contribution in [0.1, 0.15) is 0 Å². The lowest BCUT2D eigenvalue weighted by molar-refractivity contribution is 0.00778. The van der Waals surface area contributed by atoms with Crippen LogP contribution in [0.5, 0.6) is 0 Å². The number of aliphatic hydroxyl groups is 2. The second-order valence-electron chi connectivity index (χ2n) is 2.65. The third-order valence-electron chi connectivity index (χ3n) is 1.52. The minimum atomic E-state index is -0.718. The summed E-state index contributed by atoms with van der Waals surface area (Å²) >= 11 is 3.81. The zero-order valence-electron chi connectivity index (χ0n) is 6.81. The molecule has 2 N–H and O–H groups in total. The quantitative estimate of drug-likeness (QED) is 0.677. The summed E-state index contributed by atoms with van der Waals surface area (Å²) in [7, 11) is 0. The Hall–Kier alpha value is 0.580. The van der Waals surface area contributed by atoms with Crippen molar-refractivity contribution in [1.29, 1.82) is 0 Å². The first-order chi connectivity index (χ1) is 5.83. The second-order valence-corrected chi connectivity index (χ2v) is 5.34. The lowest BCUT2D eigenvalue weighted by Crippen LogP contribution is -2.22. The van der Waals surface area contributed by atoms with E-state index in [4.69, 9.17) is 14.9 Å². The Labute approximate surface area is 80.9 Å². The molecule has 1 aliphatic heterocycles. The molecule has 1 fully saturated rings. The molecular formula is C7H14O3S2. The lowest BCUT2D eigenvalue weighted by Gasteiger charge is -2.10. The van der Waals surface area contributed by atoms with E-state index in [0.717, 1.165) is 10.8 Å². The number of ether oxygens (including phenoxy) is 1. The average Bonchev–Trinajstić information content (AvgIpc) is 2.57. The predicted molar refractivity (Wildman–Crippen MR) is 52.6 cm³/mol. The van der Waals surface area contributed by atoms with Crippen molar-refractivity contribution < 1.29 is 14.9 Å². The van der Waals surface area contributed by atoms with Gasteiger partial charge in [0.25, 0.3) is 0 Å². The van der Waals surface area contributed by atoms with Crippen molar-refractivity contribution in [3.8, 4) is 0 Å². The maximum absolute atomic E-state index is 8.94. The first-order valence-electron chi connectivity index (χ1n) is 3.89. The van der Waals surface area contributed by atoms with Crippen LogP contribution in [0.2, 0.25) is 0 Å². The van der Waals surface area contributed by atoms with Crippen LogP contribution in [0.15, 0.2) is 0 Å². The summed E-state index contributed by atoms with van der Waals surface area (Å²) in [6.45, 7) is 0.722. The topological polar surface area (TPSA) is 49.7 Å². The van der Waals surface area contributed by atoms with Crippen LogP contribution in [-0.4, -0.2) is 52.2 Å². The van der Waals surface area contributed by atoms with Gasteiger partial charge >= 0.3 is 0 Å². The SMILES string of the molecule is OCC(O)COCC1CSCS1. The summed E-state index contributed by atoms with van der Waals surface area (Å²) in [6.07, 6.45) is -0.718. The fraction of sp³-hybridized carbons (Fsp3) is 1.00. The van der Waals surface area contributed by atoms with Gasteiger partial charge in [0.15, 0.2) is 0 Å². The maximum Gasteiger partial charge on any atom is 0.100 e. The molecular weight excluding hydrogens is 196 g/mol. The molecule has 1 saturated heterocycles. The summed E-state index contributed by atoms with van der Waals surface area (Å²) in [5.41, 5.74) is 0. The molecule has 3 nitrogen and oxygen atoms in total. The summed E-state index contributed by atoms with van der Waals surface area (Å²) in [5, 5.41) is 19.2. The summed E-state index contributed by atoms with van der Waals surface area (Å²) in [6, 6.07) is 0. The molecule has 2 unspecified atom stereocenters. The van der Waals surface area contributed by atoms with Crippen LogP contribution in [-0.2, 0) is 4.74 Å². The summed E-state index contributed by atoms with van der Waals surface area (Å²) in [5.74, 6) is 1.14. The molecule has 0 aromatic carbocycles. The van der Waals surface area contributed by atoms with E-state index >= 15 is 0 Å². The lowest BCUT2D eigenvalue weighted by atomic mass is 10.4. The van der Waals surface area contributed by atoms with E-state index in [-0.39, 0.29) is 13.2 Å². The smallest absolute Gasteiger partial charge is 0.100 e. The van der Waals surface area contributed by atoms with Crippen molar-refractivity contribution in [2.24, 2.45) is 0 Å². The molecule has 0 bridgehead atoms. The zero-order chi connectivity index (χ0) is 8.81. The van der Waals surface area contributed by atoms with Crippen molar-refractivity contribution in [1.82, 2.24) is 0 Å². The molecule has 1 aliphatic rings. The highest BCUT2D eigenvalue weighted by Gasteiger charge is 2.16. The molecule has 0 aliphatic carbocycles. The largest absolute Gasteiger partial charge is 0.394 e. The fourth-order valence-electron chi connectivity index (χ4n) is 0.856. The van der Waals surface area contributed by atoms with Crippen molar-refractivity contribution in [2.75, 3.05) is 30.7 Å². The van der Waals surface area contributed by atoms with Gasteiger partial charge in [-0.2, -0.15) is 0 Å². The fourth-order valence-corrected chi connectivity index (χ4v) is 3.62. The number of hydrogen-bond acceptors (Lipinski definition) is 5. The van der Waals surface area contributed by atoms with E-state index in [1.807, 2.05) is 23.5 Å². The Morgan fingerprint density at radius 1 is 1.58 bits per heavy atom. The molecule has 5 heteroatoms. The summed E-state index contributed by atoms with van der Waals surface area (Å²) < 4.78 is 5.23. The normalized spacial score (nSPS) is 26.0. The van der Waals surface area contributed by atoms with Crippen LogP contribution < -0.4 is 0 Å². The first kappa shape index (κ1) is 10.7. The van der Waals surface area contributed by atoms with E-state index in [9.17, 15) is 0 Å². The van der Waals surface area contributed by atoms with Crippen LogP contribution >= 0.6 is 23.5 Å². The van der Waals surface area contributed by atoms with Gasteiger partial charge in [0.05, 0.1) is 19.8 Å². The van der Waals surface area contributed by atoms with Gasteiger partial charge in [0.2, 0.25) is 0 Å². The zero-order valence-corrected chi connectivity index (χ0v) is 8.44. The third-order valence-corrected chi connectivity index (χ3v) is 4.35. The van der Waals surface area contributed by atoms with Gasteiger partial charge in [0.1, 0.15) is 6.10 Å². The van der Waals surface area contributed by atoms with Crippen LogP contribution in [0.25, 0.3) is 0 Å². The van der Waals surface area contributed by atoms with E-state index < -0.39 is 6.10 Å². The van der Waals surface area contributed by atoms with E-state index in [1.165, 1.54) is 0 Å². The van der Waals surface area contributed by atoms with Crippen LogP contribution in [0.3, 0.4) is 0 Å². The first-order valence-corrected chi connectivity index (χ1v) is 6.09. The van der Waals surface area contributed by atoms with Crippen molar-refractivity contribution >= 4 is 23.5 Å². The highest BCUT2D eigenvalue weighted by atomic mass is 32.2. The van der Waals surface area contributed by atoms with Gasteiger partial charge in [-0.25, -0.2) is 0 Å². The molecule has 72 valence electrons. The average molecular weight is 210 g/mol. The molecule has 0 amide bonds. The molecule has 0 aromatic rings. The summed E-state index contributed by atoms with van der Waals surface area (Å²) in [4.78, 5) is 0. The third kappa shape index (κ3) is 4.00. The number of aliphatic hydroxyl groups excluding tert-OH is 2. The Balaban J connectivity index is 1.94. The number of thioether (sulfide) groups is 2. The standard InChI is InChI=1S/C7H14O3S2/c8-1-6(9)2-10-3-7-4-11-5-12-7/h6-9H,1-5H2. The highest BCUT2D eigenvalue weighted by Crippen LogP contribution is 2.29. The van der Waals surface area contributed by atoms with Gasteiger partial charge < -0.3 is 14.9 Å². The molecule has 0 radical (unpaired) electrons. The molecule has 12 heavy (non-hydrogen) atoms. The minimum Gasteiger partial charge on any atom is -0.394 e. The van der Waals surface area contributed by atoms with Crippen LogP contribution in [0, 0.1) is 0 Å². The van der Waals surface area contributed by atoms with E-state index in [0.29, 0.717) is 11.9 Å². The Morgan fingerprint density at radius 3 is 3.00 bits per heavy atom. The van der Waals surface area contributed by atoms with E-state index in [2.05, 4.69) is 0 Å². The Morgan fingerprint density at radius 2 is 2.42 bits per heavy atom. The van der Waals surface area contributed by atoms with Crippen LogP contribution in [0.4, 0.5) is 0 Å². The van der Waals surface area contributed by atoms with Crippen molar-refractivity contribution in [3.05, 3.63) is 0 Å².